The van der Waals surface area contributed by atoms with E-state index >= 15 is 0 Å². The monoisotopic (exact) mass is 262 g/mol. The van der Waals surface area contributed by atoms with Gasteiger partial charge in [-0.25, -0.2) is 0 Å². The second-order valence-electron chi connectivity index (χ2n) is 6.03. The minimum atomic E-state index is 0.146. The van der Waals surface area contributed by atoms with E-state index in [0.717, 1.165) is 17.4 Å². The molecule has 1 aromatic rings. The summed E-state index contributed by atoms with van der Waals surface area (Å²) in [6.45, 7) is 6.37. The van der Waals surface area contributed by atoms with Gasteiger partial charge >= 0.3 is 0 Å². The number of hydrogen-bond acceptors (Lipinski definition) is 3. The Morgan fingerprint density at radius 3 is 2.79 bits per heavy atom. The zero-order valence-electron chi connectivity index (χ0n) is 12.3. The summed E-state index contributed by atoms with van der Waals surface area (Å²) in [5, 5.41) is 3.62. The molecule has 2 atom stereocenters. The van der Waals surface area contributed by atoms with E-state index in [1.54, 1.807) is 0 Å². The van der Waals surface area contributed by atoms with Crippen LogP contribution in [0.15, 0.2) is 18.2 Å². The van der Waals surface area contributed by atoms with Crippen molar-refractivity contribution < 1.29 is 4.74 Å². The van der Waals surface area contributed by atoms with Crippen LogP contribution in [0.1, 0.15) is 46.5 Å². The number of benzene rings is 1. The van der Waals surface area contributed by atoms with Crippen LogP contribution in [0, 0.1) is 5.92 Å². The van der Waals surface area contributed by atoms with Crippen LogP contribution in [0.25, 0.3) is 0 Å². The molecule has 1 aliphatic rings. The average molecular weight is 262 g/mol. The van der Waals surface area contributed by atoms with Gasteiger partial charge in [0.05, 0.1) is 11.8 Å². The number of anilines is 2. The van der Waals surface area contributed by atoms with Gasteiger partial charge in [-0.05, 0) is 44.7 Å². The highest BCUT2D eigenvalue weighted by Crippen LogP contribution is 2.30. The third-order valence-electron chi connectivity index (χ3n) is 3.68. The first-order valence-corrected chi connectivity index (χ1v) is 7.37. The molecular formula is C16H26N2O. The maximum absolute atomic E-state index is 5.94. The zero-order valence-corrected chi connectivity index (χ0v) is 12.3. The van der Waals surface area contributed by atoms with Crippen LogP contribution in [0.5, 0.6) is 5.75 Å². The SMILES string of the molecule is CC1CCCC(Nc2ccc(N)c(OC(C)C)c2)C1. The standard InChI is InChI=1S/C16H26N2O/c1-11(2)19-16-10-14(7-8-15(16)17)18-13-6-4-5-12(3)9-13/h7-8,10-13,18H,4-6,9,17H2,1-3H3. The second-order valence-corrected chi connectivity index (χ2v) is 6.03. The van der Waals surface area contributed by atoms with Gasteiger partial charge in [0.15, 0.2) is 0 Å². The van der Waals surface area contributed by atoms with Crippen molar-refractivity contribution in [1.29, 1.82) is 0 Å². The molecule has 0 heterocycles. The summed E-state index contributed by atoms with van der Waals surface area (Å²) in [6.07, 6.45) is 5.34. The number of nitrogens with two attached hydrogens (primary N) is 1. The Morgan fingerprint density at radius 2 is 2.11 bits per heavy atom. The summed E-state index contributed by atoms with van der Waals surface area (Å²) >= 11 is 0. The van der Waals surface area contributed by atoms with E-state index in [2.05, 4.69) is 12.2 Å². The summed E-state index contributed by atoms with van der Waals surface area (Å²) in [5.41, 5.74) is 7.76. The molecule has 2 unspecified atom stereocenters. The summed E-state index contributed by atoms with van der Waals surface area (Å²) in [5.74, 6) is 1.61. The Bertz CT molecular complexity index is 417. The molecule has 0 radical (unpaired) electrons. The highest BCUT2D eigenvalue weighted by molar-refractivity contribution is 5.61. The normalized spacial score (nSPS) is 23.4. The fourth-order valence-corrected chi connectivity index (χ4v) is 2.78. The number of nitrogens with one attached hydrogen (secondary N) is 1. The van der Waals surface area contributed by atoms with Crippen LogP contribution in [-0.2, 0) is 0 Å². The van der Waals surface area contributed by atoms with Crippen molar-refractivity contribution in [2.24, 2.45) is 5.92 Å². The number of hydrogen-bond donors (Lipinski definition) is 2. The molecule has 1 saturated carbocycles. The Kier molecular flexibility index (Phi) is 4.56. The van der Waals surface area contributed by atoms with Crippen molar-refractivity contribution in [2.75, 3.05) is 11.1 Å². The molecule has 3 N–H and O–H groups in total. The Balaban J connectivity index is 2.03. The molecule has 0 amide bonds. The lowest BCUT2D eigenvalue weighted by atomic mass is 9.87. The third-order valence-corrected chi connectivity index (χ3v) is 3.68. The van der Waals surface area contributed by atoms with E-state index in [0.29, 0.717) is 11.7 Å². The quantitative estimate of drug-likeness (QED) is 0.805. The molecule has 0 spiro atoms. The van der Waals surface area contributed by atoms with Crippen LogP contribution in [0.3, 0.4) is 0 Å². The predicted octanol–water partition coefficient (Wildman–Crippen LogP) is 4.05. The Labute approximate surface area is 116 Å². The van der Waals surface area contributed by atoms with Gasteiger partial charge in [0.25, 0.3) is 0 Å². The fraction of sp³-hybridized carbons (Fsp3) is 0.625. The van der Waals surface area contributed by atoms with Gasteiger partial charge in [-0.15, -0.1) is 0 Å². The summed E-state index contributed by atoms with van der Waals surface area (Å²) in [6, 6.07) is 6.57. The van der Waals surface area contributed by atoms with E-state index in [1.807, 2.05) is 32.0 Å². The number of nitrogen functional groups attached to an aromatic ring is 1. The van der Waals surface area contributed by atoms with Crippen molar-refractivity contribution in [2.45, 2.75) is 58.6 Å². The lowest BCUT2D eigenvalue weighted by Gasteiger charge is -2.28. The molecule has 106 valence electrons. The molecule has 3 nitrogen and oxygen atoms in total. The van der Waals surface area contributed by atoms with Crippen molar-refractivity contribution in [3.63, 3.8) is 0 Å². The smallest absolute Gasteiger partial charge is 0.144 e. The summed E-state index contributed by atoms with van der Waals surface area (Å²) in [4.78, 5) is 0. The Hall–Kier alpha value is -1.38. The minimum absolute atomic E-state index is 0.146. The summed E-state index contributed by atoms with van der Waals surface area (Å²) in [7, 11) is 0. The van der Waals surface area contributed by atoms with Crippen LogP contribution in [0.2, 0.25) is 0 Å². The van der Waals surface area contributed by atoms with Crippen molar-refractivity contribution in [1.82, 2.24) is 0 Å². The largest absolute Gasteiger partial charge is 0.489 e. The van der Waals surface area contributed by atoms with E-state index in [4.69, 9.17) is 10.5 Å². The van der Waals surface area contributed by atoms with E-state index in [9.17, 15) is 0 Å². The van der Waals surface area contributed by atoms with Crippen LogP contribution in [0.4, 0.5) is 11.4 Å². The van der Waals surface area contributed by atoms with Crippen LogP contribution >= 0.6 is 0 Å². The first-order chi connectivity index (χ1) is 9.04. The topological polar surface area (TPSA) is 47.3 Å². The van der Waals surface area contributed by atoms with Gasteiger partial charge in [0.1, 0.15) is 5.75 Å². The lowest BCUT2D eigenvalue weighted by Crippen LogP contribution is -2.26. The minimum Gasteiger partial charge on any atom is -0.489 e. The van der Waals surface area contributed by atoms with E-state index in [-0.39, 0.29) is 6.10 Å². The predicted molar refractivity (Wildman–Crippen MR) is 81.7 cm³/mol. The van der Waals surface area contributed by atoms with Gasteiger partial charge in [0.2, 0.25) is 0 Å². The second kappa shape index (κ2) is 6.18. The number of ether oxygens (including phenoxy) is 1. The first-order valence-electron chi connectivity index (χ1n) is 7.37. The molecule has 0 aliphatic heterocycles. The average Bonchev–Trinajstić information content (AvgIpc) is 2.33. The highest BCUT2D eigenvalue weighted by Gasteiger charge is 2.18. The van der Waals surface area contributed by atoms with Gasteiger partial charge in [0, 0.05) is 17.8 Å². The van der Waals surface area contributed by atoms with Crippen LogP contribution < -0.4 is 15.8 Å². The van der Waals surface area contributed by atoms with Gasteiger partial charge in [-0.3, -0.25) is 0 Å². The molecule has 0 aromatic heterocycles. The van der Waals surface area contributed by atoms with Crippen molar-refractivity contribution >= 4 is 11.4 Å². The molecular weight excluding hydrogens is 236 g/mol. The molecule has 3 heteroatoms. The van der Waals surface area contributed by atoms with Crippen molar-refractivity contribution in [3.8, 4) is 5.75 Å². The third kappa shape index (κ3) is 4.05. The van der Waals surface area contributed by atoms with E-state index < -0.39 is 0 Å². The molecule has 2 rings (SSSR count). The molecule has 1 aliphatic carbocycles. The molecule has 1 fully saturated rings. The van der Waals surface area contributed by atoms with Crippen LogP contribution in [-0.4, -0.2) is 12.1 Å². The molecule has 1 aromatic carbocycles. The van der Waals surface area contributed by atoms with Crippen molar-refractivity contribution in [3.05, 3.63) is 18.2 Å². The van der Waals surface area contributed by atoms with Gasteiger partial charge < -0.3 is 15.8 Å². The zero-order chi connectivity index (χ0) is 13.8. The van der Waals surface area contributed by atoms with E-state index in [1.165, 1.54) is 25.7 Å². The Morgan fingerprint density at radius 1 is 1.32 bits per heavy atom. The first kappa shape index (κ1) is 14.0. The maximum Gasteiger partial charge on any atom is 0.144 e. The van der Waals surface area contributed by atoms with Gasteiger partial charge in [-0.1, -0.05) is 19.8 Å². The number of rotatable bonds is 4. The summed E-state index contributed by atoms with van der Waals surface area (Å²) < 4.78 is 5.73. The highest BCUT2D eigenvalue weighted by atomic mass is 16.5. The van der Waals surface area contributed by atoms with Gasteiger partial charge in [-0.2, -0.15) is 0 Å². The fourth-order valence-electron chi connectivity index (χ4n) is 2.78. The molecule has 0 saturated heterocycles. The lowest BCUT2D eigenvalue weighted by molar-refractivity contribution is 0.244. The maximum atomic E-state index is 5.94. The molecule has 19 heavy (non-hydrogen) atoms. The molecule has 0 bridgehead atoms.